The predicted octanol–water partition coefficient (Wildman–Crippen LogP) is 6.95. The van der Waals surface area contributed by atoms with Gasteiger partial charge in [-0.15, -0.1) is 0 Å². The van der Waals surface area contributed by atoms with Crippen LogP contribution in [0.4, 0.5) is 14.5 Å². The van der Waals surface area contributed by atoms with E-state index in [1.54, 1.807) is 41.3 Å². The maximum absolute atomic E-state index is 13.4. The van der Waals surface area contributed by atoms with Crippen LogP contribution in [0, 0.1) is 17.6 Å². The number of carbonyl (C=O) groups is 1. The summed E-state index contributed by atoms with van der Waals surface area (Å²) < 4.78 is 31.4. The minimum atomic E-state index is -0.822. The van der Waals surface area contributed by atoms with Gasteiger partial charge in [-0.1, -0.05) is 58.4 Å². The Morgan fingerprint density at radius 2 is 1.43 bits per heavy atom. The summed E-state index contributed by atoms with van der Waals surface area (Å²) in [6, 6.07) is 18.3. The van der Waals surface area contributed by atoms with Gasteiger partial charge in [-0.05, 0) is 72.5 Å². The summed E-state index contributed by atoms with van der Waals surface area (Å²) in [7, 11) is 0. The highest BCUT2D eigenvalue weighted by Gasteiger charge is 2.48. The van der Waals surface area contributed by atoms with Crippen LogP contribution in [-0.2, 0) is 4.79 Å². The molecule has 3 aromatic carbocycles. The van der Waals surface area contributed by atoms with Crippen LogP contribution >= 0.6 is 0 Å². The van der Waals surface area contributed by atoms with Gasteiger partial charge in [-0.2, -0.15) is 0 Å². The molecule has 1 aliphatic rings. The molecule has 1 heterocycles. The Hall–Kier alpha value is -3.29. The molecule has 0 aromatic heterocycles. The molecule has 1 fully saturated rings. The summed E-state index contributed by atoms with van der Waals surface area (Å²) in [5.74, 6) is -0.532. The Morgan fingerprint density at radius 3 is 1.95 bits per heavy atom. The maximum atomic E-state index is 13.4. The molecule has 4 rings (SSSR count). The third-order valence-electron chi connectivity index (χ3n) is 5.93. The number of nitrogens with zero attached hydrogens (tertiary/aromatic N) is 1. The van der Waals surface area contributed by atoms with Crippen LogP contribution < -0.4 is 9.64 Å². The lowest BCUT2D eigenvalue weighted by molar-refractivity contribution is -0.120. The first-order valence-corrected chi connectivity index (χ1v) is 12.7. The summed E-state index contributed by atoms with van der Waals surface area (Å²) in [6.07, 6.45) is 0.533. The van der Waals surface area contributed by atoms with Crippen molar-refractivity contribution in [3.63, 3.8) is 0 Å². The largest absolute Gasteiger partial charge is 0.429 e. The number of anilines is 1. The van der Waals surface area contributed by atoms with E-state index >= 15 is 0 Å². The van der Waals surface area contributed by atoms with Crippen molar-refractivity contribution in [1.29, 1.82) is 0 Å². The van der Waals surface area contributed by atoms with Crippen molar-refractivity contribution in [1.82, 2.24) is 0 Å². The molecule has 0 aliphatic carbocycles. The average molecular weight is 514 g/mol. The van der Waals surface area contributed by atoms with E-state index < -0.39 is 12.3 Å². The Bertz CT molecular complexity index is 1060. The van der Waals surface area contributed by atoms with Gasteiger partial charge < -0.3 is 19.8 Å². The third kappa shape index (κ3) is 7.84. The van der Waals surface area contributed by atoms with Gasteiger partial charge in [0.25, 0.3) is 6.47 Å². The number of rotatable bonds is 8. The number of hydrogen-bond donors (Lipinski definition) is 2. The van der Waals surface area contributed by atoms with Crippen molar-refractivity contribution in [2.45, 2.75) is 65.3 Å². The second-order valence-electron chi connectivity index (χ2n) is 8.54. The van der Waals surface area contributed by atoms with E-state index in [4.69, 9.17) is 4.74 Å². The fraction of sp³-hybridized carbons (Fsp3) is 0.367. The average Bonchev–Trinajstić information content (AvgIpc) is 2.91. The van der Waals surface area contributed by atoms with Crippen LogP contribution in [-0.4, -0.2) is 22.9 Å². The molecule has 3 unspecified atom stereocenters. The molecule has 0 saturated carbocycles. The van der Waals surface area contributed by atoms with Crippen molar-refractivity contribution in [2.75, 3.05) is 4.90 Å². The van der Waals surface area contributed by atoms with Gasteiger partial charge >= 0.3 is 0 Å². The minimum absolute atomic E-state index is 0.201. The van der Waals surface area contributed by atoms with E-state index in [2.05, 4.69) is 13.8 Å². The summed E-state index contributed by atoms with van der Waals surface area (Å²) in [5, 5.41) is 21.4. The number of benzene rings is 3. The molecule has 1 aliphatic heterocycles. The molecule has 4 atom stereocenters. The summed E-state index contributed by atoms with van der Waals surface area (Å²) in [5.41, 5.74) is 2.18. The fourth-order valence-electron chi connectivity index (χ4n) is 4.28. The summed E-state index contributed by atoms with van der Waals surface area (Å²) >= 11 is 0. The minimum Gasteiger partial charge on any atom is -0.429 e. The van der Waals surface area contributed by atoms with Gasteiger partial charge in [0.1, 0.15) is 23.6 Å². The number of aliphatic hydroxyl groups is 2. The van der Waals surface area contributed by atoms with Crippen LogP contribution in [0.5, 0.6) is 5.75 Å². The van der Waals surface area contributed by atoms with E-state index in [0.29, 0.717) is 36.3 Å². The highest BCUT2D eigenvalue weighted by atomic mass is 19.1. The van der Waals surface area contributed by atoms with Crippen LogP contribution in [0.1, 0.15) is 70.2 Å². The van der Waals surface area contributed by atoms with Gasteiger partial charge in [0.15, 0.2) is 0 Å². The summed E-state index contributed by atoms with van der Waals surface area (Å²) in [4.78, 5) is 12.4. The van der Waals surface area contributed by atoms with E-state index in [0.717, 1.165) is 5.56 Å². The molecule has 200 valence electrons. The van der Waals surface area contributed by atoms with Gasteiger partial charge in [0.2, 0.25) is 0 Å². The quantitative estimate of drug-likeness (QED) is 0.319. The first kappa shape index (κ1) is 29.9. The van der Waals surface area contributed by atoms with E-state index in [9.17, 15) is 23.8 Å². The van der Waals surface area contributed by atoms with Gasteiger partial charge in [0.05, 0.1) is 12.1 Å². The zero-order valence-corrected chi connectivity index (χ0v) is 21.9. The fourth-order valence-corrected chi connectivity index (χ4v) is 4.28. The Morgan fingerprint density at radius 1 is 0.919 bits per heavy atom. The molecule has 0 radical (unpaired) electrons. The van der Waals surface area contributed by atoms with Gasteiger partial charge in [-0.3, -0.25) is 4.79 Å². The molecule has 1 saturated heterocycles. The van der Waals surface area contributed by atoms with Crippen LogP contribution in [0.15, 0.2) is 72.8 Å². The normalized spacial score (nSPS) is 18.8. The van der Waals surface area contributed by atoms with Crippen LogP contribution in [0.2, 0.25) is 0 Å². The molecule has 2 N–H and O–H groups in total. The zero-order chi connectivity index (χ0) is 27.4. The molecule has 7 heteroatoms. The Labute approximate surface area is 218 Å². The zero-order valence-electron chi connectivity index (χ0n) is 21.9. The molecule has 0 spiro atoms. The van der Waals surface area contributed by atoms with E-state index in [1.807, 2.05) is 26.0 Å². The van der Waals surface area contributed by atoms with Crippen molar-refractivity contribution in [3.8, 4) is 5.75 Å². The topological polar surface area (TPSA) is 70.0 Å². The van der Waals surface area contributed by atoms with Gasteiger partial charge in [-0.25, -0.2) is 8.78 Å². The number of carbonyl (C=O) groups excluding carboxylic acids is 1. The second-order valence-corrected chi connectivity index (χ2v) is 8.54. The second kappa shape index (κ2) is 15.1. The van der Waals surface area contributed by atoms with E-state index in [-0.39, 0.29) is 23.6 Å². The molecule has 5 nitrogen and oxygen atoms in total. The van der Waals surface area contributed by atoms with Gasteiger partial charge in [0, 0.05) is 11.6 Å². The first-order chi connectivity index (χ1) is 17.9. The monoisotopic (exact) mass is 513 g/mol. The van der Waals surface area contributed by atoms with E-state index in [1.165, 1.54) is 30.7 Å². The molecule has 0 amide bonds. The third-order valence-corrected chi connectivity index (χ3v) is 5.93. The lowest BCUT2D eigenvalue weighted by Crippen LogP contribution is -2.58. The number of aliphatic hydroxyl groups excluding tert-OH is 2. The number of halogens is 2. The van der Waals surface area contributed by atoms with Crippen LogP contribution in [0.25, 0.3) is 0 Å². The van der Waals surface area contributed by atoms with Crippen molar-refractivity contribution in [3.05, 3.63) is 95.6 Å². The highest BCUT2D eigenvalue weighted by molar-refractivity contribution is 5.54. The molecule has 37 heavy (non-hydrogen) atoms. The molecular weight excluding hydrogens is 476 g/mol. The van der Waals surface area contributed by atoms with Crippen molar-refractivity contribution < 1.29 is 28.5 Å². The summed E-state index contributed by atoms with van der Waals surface area (Å²) in [6.45, 7) is 8.60. The molecular formula is C30H37F2NO4. The smallest absolute Gasteiger partial charge is 0.298 e. The standard InChI is InChI=1S/C25H23F2NO4.C3H8.C2H6/c26-18-5-1-16(2-6-18)23(30)14-13-22-24(17-3-11-21(12-4-17)32-15-29)28(25(22)31)20-9-7-19(27)8-10-20;1-3-2;1-2/h1-12,15,22-25,30-31H,13-14H2;3H2,1-2H3;1-2H3/t22-,23?,24?,25?;;/m1../s1. The van der Waals surface area contributed by atoms with Crippen LogP contribution in [0.3, 0.4) is 0 Å². The number of ether oxygens (including phenoxy) is 1. The lowest BCUT2D eigenvalue weighted by Gasteiger charge is -2.54. The lowest BCUT2D eigenvalue weighted by atomic mass is 9.77. The Balaban J connectivity index is 0.000000898. The SMILES string of the molecule is CC.CCC.O=COc1ccc(C2[C@@H](CCC(O)c3ccc(F)cc3)C(O)N2c2ccc(F)cc2)cc1. The molecule has 0 bridgehead atoms. The predicted molar refractivity (Wildman–Crippen MR) is 142 cm³/mol. The number of hydrogen-bond acceptors (Lipinski definition) is 5. The Kier molecular flexibility index (Phi) is 12.2. The van der Waals surface area contributed by atoms with Crippen molar-refractivity contribution >= 4 is 12.2 Å². The van der Waals surface area contributed by atoms with Crippen molar-refractivity contribution in [2.24, 2.45) is 5.92 Å². The highest BCUT2D eigenvalue weighted by Crippen LogP contribution is 2.49. The maximum Gasteiger partial charge on any atom is 0.298 e. The molecule has 3 aromatic rings. The first-order valence-electron chi connectivity index (χ1n) is 12.7.